The van der Waals surface area contributed by atoms with E-state index in [0.29, 0.717) is 17.1 Å². The summed E-state index contributed by atoms with van der Waals surface area (Å²) < 4.78 is 0. The SMILES string of the molecule is O=C(O)CC1CN(Cc2c(O)cccc2Cl)C1. The molecular formula is C12H14ClNO3. The first-order valence-electron chi connectivity index (χ1n) is 5.46. The highest BCUT2D eigenvalue weighted by molar-refractivity contribution is 6.31. The number of halogens is 1. The quantitative estimate of drug-likeness (QED) is 0.863. The van der Waals surface area contributed by atoms with E-state index in [1.807, 2.05) is 0 Å². The first-order chi connectivity index (χ1) is 8.06. The van der Waals surface area contributed by atoms with Crippen molar-refractivity contribution in [3.05, 3.63) is 28.8 Å². The van der Waals surface area contributed by atoms with Gasteiger partial charge in [-0.25, -0.2) is 0 Å². The highest BCUT2D eigenvalue weighted by Crippen LogP contribution is 2.29. The van der Waals surface area contributed by atoms with Crippen LogP contribution in [0.1, 0.15) is 12.0 Å². The number of carboxylic acid groups (broad SMARTS) is 1. The van der Waals surface area contributed by atoms with Gasteiger partial charge in [-0.2, -0.15) is 0 Å². The number of aromatic hydroxyl groups is 1. The molecular weight excluding hydrogens is 242 g/mol. The van der Waals surface area contributed by atoms with Crippen LogP contribution in [0.2, 0.25) is 5.02 Å². The fraction of sp³-hybridized carbons (Fsp3) is 0.417. The average Bonchev–Trinajstić information content (AvgIpc) is 2.18. The third kappa shape index (κ3) is 2.90. The topological polar surface area (TPSA) is 60.8 Å². The number of hydrogen-bond donors (Lipinski definition) is 2. The zero-order chi connectivity index (χ0) is 12.4. The van der Waals surface area contributed by atoms with Crippen LogP contribution in [0.4, 0.5) is 0 Å². The first kappa shape index (κ1) is 12.2. The number of likely N-dealkylation sites (tertiary alicyclic amines) is 1. The van der Waals surface area contributed by atoms with E-state index in [0.717, 1.165) is 13.1 Å². The van der Waals surface area contributed by atoms with Gasteiger partial charge in [-0.05, 0) is 18.1 Å². The molecule has 0 unspecified atom stereocenters. The molecule has 92 valence electrons. The molecule has 0 atom stereocenters. The van der Waals surface area contributed by atoms with Crippen molar-refractivity contribution in [3.8, 4) is 5.75 Å². The Labute approximate surface area is 104 Å². The average molecular weight is 256 g/mol. The van der Waals surface area contributed by atoms with Crippen molar-refractivity contribution < 1.29 is 15.0 Å². The van der Waals surface area contributed by atoms with Crippen LogP contribution in [-0.4, -0.2) is 34.2 Å². The van der Waals surface area contributed by atoms with Crippen LogP contribution in [0, 0.1) is 5.92 Å². The van der Waals surface area contributed by atoms with Crippen molar-refractivity contribution in [1.29, 1.82) is 0 Å². The maximum atomic E-state index is 10.5. The van der Waals surface area contributed by atoms with E-state index in [1.165, 1.54) is 0 Å². The molecule has 0 aliphatic carbocycles. The Hall–Kier alpha value is -1.26. The number of carbonyl (C=O) groups is 1. The second-order valence-corrected chi connectivity index (χ2v) is 4.80. The van der Waals surface area contributed by atoms with Gasteiger partial charge in [-0.3, -0.25) is 9.69 Å². The van der Waals surface area contributed by atoms with E-state index in [4.69, 9.17) is 16.7 Å². The second kappa shape index (κ2) is 4.94. The fourth-order valence-corrected chi connectivity index (χ4v) is 2.34. The van der Waals surface area contributed by atoms with E-state index in [-0.39, 0.29) is 18.1 Å². The summed E-state index contributed by atoms with van der Waals surface area (Å²) in [5.74, 6) is -0.341. The summed E-state index contributed by atoms with van der Waals surface area (Å²) >= 11 is 5.99. The lowest BCUT2D eigenvalue weighted by Crippen LogP contribution is -2.46. The van der Waals surface area contributed by atoms with E-state index in [2.05, 4.69) is 4.90 Å². The fourth-order valence-electron chi connectivity index (χ4n) is 2.11. The normalized spacial score (nSPS) is 16.8. The number of carboxylic acids is 1. The van der Waals surface area contributed by atoms with E-state index >= 15 is 0 Å². The second-order valence-electron chi connectivity index (χ2n) is 4.40. The third-order valence-electron chi connectivity index (χ3n) is 2.97. The molecule has 1 aliphatic rings. The Morgan fingerprint density at radius 2 is 2.18 bits per heavy atom. The van der Waals surface area contributed by atoms with Crippen molar-refractivity contribution in [1.82, 2.24) is 4.90 Å². The molecule has 2 rings (SSSR count). The molecule has 17 heavy (non-hydrogen) atoms. The highest BCUT2D eigenvalue weighted by Gasteiger charge is 2.29. The molecule has 1 aromatic rings. The number of phenols is 1. The summed E-state index contributed by atoms with van der Waals surface area (Å²) in [5, 5.41) is 18.8. The Bertz CT molecular complexity index is 410. The molecule has 1 heterocycles. The van der Waals surface area contributed by atoms with Crippen LogP contribution in [0.5, 0.6) is 5.75 Å². The van der Waals surface area contributed by atoms with Crippen LogP contribution in [0.3, 0.4) is 0 Å². The molecule has 5 heteroatoms. The van der Waals surface area contributed by atoms with Crippen molar-refractivity contribution in [2.45, 2.75) is 13.0 Å². The zero-order valence-corrected chi connectivity index (χ0v) is 10.0. The molecule has 0 spiro atoms. The number of aliphatic carboxylic acids is 1. The van der Waals surface area contributed by atoms with Crippen LogP contribution >= 0.6 is 11.6 Å². The minimum absolute atomic E-state index is 0.194. The summed E-state index contributed by atoms with van der Waals surface area (Å²) in [6, 6.07) is 5.05. The Morgan fingerprint density at radius 1 is 1.47 bits per heavy atom. The third-order valence-corrected chi connectivity index (χ3v) is 3.33. The Morgan fingerprint density at radius 3 is 2.76 bits per heavy atom. The van der Waals surface area contributed by atoms with Gasteiger partial charge in [-0.15, -0.1) is 0 Å². The van der Waals surface area contributed by atoms with Gasteiger partial charge in [0.25, 0.3) is 0 Å². The summed E-state index contributed by atoms with van der Waals surface area (Å²) in [6.07, 6.45) is 0.213. The van der Waals surface area contributed by atoms with Crippen molar-refractivity contribution in [2.24, 2.45) is 5.92 Å². The molecule has 1 aliphatic heterocycles. The molecule has 0 bridgehead atoms. The van der Waals surface area contributed by atoms with Gasteiger partial charge in [0.15, 0.2) is 0 Å². The Balaban J connectivity index is 1.90. The van der Waals surface area contributed by atoms with Crippen LogP contribution < -0.4 is 0 Å². The predicted molar refractivity (Wildman–Crippen MR) is 64.1 cm³/mol. The van der Waals surface area contributed by atoms with Gasteiger partial charge >= 0.3 is 5.97 Å². The first-order valence-corrected chi connectivity index (χ1v) is 5.84. The zero-order valence-electron chi connectivity index (χ0n) is 9.27. The lowest BCUT2D eigenvalue weighted by molar-refractivity contribution is -0.139. The van der Waals surface area contributed by atoms with E-state index in [1.54, 1.807) is 18.2 Å². The molecule has 1 aromatic carbocycles. The smallest absolute Gasteiger partial charge is 0.303 e. The number of hydrogen-bond acceptors (Lipinski definition) is 3. The molecule has 1 saturated heterocycles. The molecule has 4 nitrogen and oxygen atoms in total. The molecule has 0 saturated carbocycles. The molecule has 1 fully saturated rings. The number of rotatable bonds is 4. The largest absolute Gasteiger partial charge is 0.508 e. The monoisotopic (exact) mass is 255 g/mol. The standard InChI is InChI=1S/C12H14ClNO3/c13-10-2-1-3-11(15)9(10)7-14-5-8(6-14)4-12(16)17/h1-3,8,15H,4-7H2,(H,16,17). The molecule has 0 radical (unpaired) electrons. The van der Waals surface area contributed by atoms with Gasteiger partial charge in [0, 0.05) is 30.2 Å². The minimum Gasteiger partial charge on any atom is -0.508 e. The molecule has 0 amide bonds. The van der Waals surface area contributed by atoms with E-state index < -0.39 is 5.97 Å². The predicted octanol–water partition coefficient (Wildman–Crippen LogP) is 1.95. The van der Waals surface area contributed by atoms with Gasteiger partial charge in [0.05, 0.1) is 6.42 Å². The van der Waals surface area contributed by atoms with E-state index in [9.17, 15) is 9.90 Å². The summed E-state index contributed by atoms with van der Waals surface area (Å²) in [7, 11) is 0. The van der Waals surface area contributed by atoms with Gasteiger partial charge in [0.2, 0.25) is 0 Å². The van der Waals surface area contributed by atoms with Gasteiger partial charge in [-0.1, -0.05) is 17.7 Å². The summed E-state index contributed by atoms with van der Waals surface area (Å²) in [5.41, 5.74) is 0.711. The van der Waals surface area contributed by atoms with Gasteiger partial charge < -0.3 is 10.2 Å². The number of benzene rings is 1. The maximum absolute atomic E-state index is 10.5. The highest BCUT2D eigenvalue weighted by atomic mass is 35.5. The van der Waals surface area contributed by atoms with Crippen LogP contribution in [-0.2, 0) is 11.3 Å². The number of nitrogens with zero attached hydrogens (tertiary/aromatic N) is 1. The van der Waals surface area contributed by atoms with Crippen molar-refractivity contribution in [2.75, 3.05) is 13.1 Å². The van der Waals surface area contributed by atoms with Gasteiger partial charge in [0.1, 0.15) is 5.75 Å². The lowest BCUT2D eigenvalue weighted by atomic mass is 9.95. The van der Waals surface area contributed by atoms with Crippen LogP contribution in [0.15, 0.2) is 18.2 Å². The summed E-state index contributed by atoms with van der Waals surface area (Å²) in [6.45, 7) is 2.07. The van der Waals surface area contributed by atoms with Crippen molar-refractivity contribution >= 4 is 17.6 Å². The number of phenolic OH excluding ortho intramolecular Hbond substituents is 1. The molecule has 0 aromatic heterocycles. The lowest BCUT2D eigenvalue weighted by Gasteiger charge is -2.38. The molecule has 2 N–H and O–H groups in total. The van der Waals surface area contributed by atoms with Crippen LogP contribution in [0.25, 0.3) is 0 Å². The maximum Gasteiger partial charge on any atom is 0.303 e. The van der Waals surface area contributed by atoms with Crippen molar-refractivity contribution in [3.63, 3.8) is 0 Å². The Kier molecular flexibility index (Phi) is 3.54. The summed E-state index contributed by atoms with van der Waals surface area (Å²) in [4.78, 5) is 12.6. The minimum atomic E-state index is -0.754.